The van der Waals surface area contributed by atoms with Crippen LogP contribution in [0.4, 0.5) is 0 Å². The second-order valence-electron chi connectivity index (χ2n) is 1.40. The van der Waals surface area contributed by atoms with Crippen molar-refractivity contribution in [2.75, 3.05) is 0 Å². The molecule has 0 saturated heterocycles. The van der Waals surface area contributed by atoms with Crippen LogP contribution in [-0.4, -0.2) is 5.48 Å². The van der Waals surface area contributed by atoms with Gasteiger partial charge < -0.3 is 5.48 Å². The van der Waals surface area contributed by atoms with Crippen molar-refractivity contribution in [3.05, 3.63) is 0 Å². The summed E-state index contributed by atoms with van der Waals surface area (Å²) >= 11 is 0. The zero-order valence-electron chi connectivity index (χ0n) is 3.44. The van der Waals surface area contributed by atoms with Crippen LogP contribution in [0, 0.1) is 17.2 Å². The van der Waals surface area contributed by atoms with E-state index in [1.807, 2.05) is 0 Å². The quantitative estimate of drug-likeness (QED) is 0.411. The Morgan fingerprint density at radius 1 is 1.50 bits per heavy atom. The first-order valence-corrected chi connectivity index (χ1v) is 1.83. The predicted molar refractivity (Wildman–Crippen MR) is 22.0 cm³/mol. The monoisotopic (exact) mass is 85.1 g/mol. The van der Waals surface area contributed by atoms with Gasteiger partial charge in [0.05, 0.1) is 6.07 Å². The summed E-state index contributed by atoms with van der Waals surface area (Å²) in [5, 5.41) is 7.96. The van der Waals surface area contributed by atoms with Crippen LogP contribution in [0.25, 0.3) is 0 Å². The number of hydrogen-bond donors (Lipinski definition) is 0. The summed E-state index contributed by atoms with van der Waals surface area (Å²) in [4.78, 5) is 0. The standard InChI is InChI=1S/C4H5N.H2O/c5-3-4-1-2-4;/h4H,1-2H2;1H2. The van der Waals surface area contributed by atoms with Gasteiger partial charge in [0.1, 0.15) is 0 Å². The average Bonchev–Trinajstić information content (AvgIpc) is 2.12. The van der Waals surface area contributed by atoms with Gasteiger partial charge >= 0.3 is 0 Å². The lowest BCUT2D eigenvalue weighted by molar-refractivity contribution is 0.824. The fraction of sp³-hybridized carbons (Fsp3) is 0.750. The molecule has 6 heavy (non-hydrogen) atoms. The third kappa shape index (κ3) is 1.05. The van der Waals surface area contributed by atoms with Crippen LogP contribution >= 0.6 is 0 Å². The zero-order valence-corrected chi connectivity index (χ0v) is 3.44. The molecule has 0 amide bonds. The molecule has 34 valence electrons. The lowest BCUT2D eigenvalue weighted by Gasteiger charge is -1.51. The highest BCUT2D eigenvalue weighted by atomic mass is 16.0. The van der Waals surface area contributed by atoms with Crippen molar-refractivity contribution in [1.82, 2.24) is 0 Å². The van der Waals surface area contributed by atoms with Gasteiger partial charge in [0, 0.05) is 5.92 Å². The number of nitrogens with zero attached hydrogens (tertiary/aromatic N) is 1. The van der Waals surface area contributed by atoms with Gasteiger partial charge in [-0.1, -0.05) is 0 Å². The van der Waals surface area contributed by atoms with Crippen LogP contribution in [0.5, 0.6) is 0 Å². The third-order valence-electron chi connectivity index (χ3n) is 0.760. The Morgan fingerprint density at radius 3 is 2.00 bits per heavy atom. The van der Waals surface area contributed by atoms with Gasteiger partial charge in [0.2, 0.25) is 0 Å². The summed E-state index contributed by atoms with van der Waals surface area (Å²) in [7, 11) is 0. The summed E-state index contributed by atoms with van der Waals surface area (Å²) in [5.74, 6) is 0.440. The molecule has 0 bridgehead atoms. The molecular formula is C4H7NO. The molecule has 0 aliphatic heterocycles. The predicted octanol–water partition coefficient (Wildman–Crippen LogP) is 0.0953. The Morgan fingerprint density at radius 2 is 2.00 bits per heavy atom. The van der Waals surface area contributed by atoms with Crippen LogP contribution in [0.15, 0.2) is 0 Å². The van der Waals surface area contributed by atoms with Crippen LogP contribution in [0.2, 0.25) is 0 Å². The minimum absolute atomic E-state index is 0. The SMILES string of the molecule is N#CC1CC1.O. The normalized spacial score (nSPS) is 17.8. The third-order valence-corrected chi connectivity index (χ3v) is 0.760. The Labute approximate surface area is 36.7 Å². The van der Waals surface area contributed by atoms with Gasteiger partial charge in [-0.25, -0.2) is 0 Å². The van der Waals surface area contributed by atoms with E-state index in [4.69, 9.17) is 5.26 Å². The van der Waals surface area contributed by atoms with E-state index >= 15 is 0 Å². The summed E-state index contributed by atoms with van der Waals surface area (Å²) in [6.07, 6.45) is 2.30. The molecule has 2 N–H and O–H groups in total. The largest absolute Gasteiger partial charge is 0.412 e. The average molecular weight is 85.1 g/mol. The summed E-state index contributed by atoms with van der Waals surface area (Å²) in [6, 6.07) is 2.14. The summed E-state index contributed by atoms with van der Waals surface area (Å²) < 4.78 is 0. The molecule has 0 aromatic carbocycles. The molecule has 0 heterocycles. The van der Waals surface area contributed by atoms with Crippen molar-refractivity contribution >= 4 is 0 Å². The van der Waals surface area contributed by atoms with Crippen molar-refractivity contribution in [2.24, 2.45) is 5.92 Å². The van der Waals surface area contributed by atoms with Gasteiger partial charge in [-0.2, -0.15) is 5.26 Å². The minimum Gasteiger partial charge on any atom is -0.412 e. The second kappa shape index (κ2) is 1.78. The molecule has 0 atom stereocenters. The molecule has 1 rings (SSSR count). The zero-order chi connectivity index (χ0) is 3.70. The Bertz CT molecular complexity index is 70.1. The van der Waals surface area contributed by atoms with Gasteiger partial charge in [0.25, 0.3) is 0 Å². The van der Waals surface area contributed by atoms with Crippen molar-refractivity contribution in [3.8, 4) is 6.07 Å². The van der Waals surface area contributed by atoms with E-state index < -0.39 is 0 Å². The molecule has 0 spiro atoms. The van der Waals surface area contributed by atoms with Crippen LogP contribution < -0.4 is 0 Å². The highest BCUT2D eigenvalue weighted by Crippen LogP contribution is 2.26. The first-order valence-electron chi connectivity index (χ1n) is 1.83. The maximum absolute atomic E-state index is 7.96. The van der Waals surface area contributed by atoms with E-state index in [2.05, 4.69) is 6.07 Å². The van der Waals surface area contributed by atoms with Gasteiger partial charge in [-0.15, -0.1) is 0 Å². The molecule has 0 unspecified atom stereocenters. The van der Waals surface area contributed by atoms with Crippen LogP contribution in [0.3, 0.4) is 0 Å². The number of rotatable bonds is 0. The molecule has 1 aliphatic carbocycles. The maximum atomic E-state index is 7.96. The van der Waals surface area contributed by atoms with E-state index in [1.165, 1.54) is 0 Å². The molecule has 2 heteroatoms. The fourth-order valence-electron chi connectivity index (χ4n) is 0.212. The molecule has 0 radical (unpaired) electrons. The van der Waals surface area contributed by atoms with Crippen LogP contribution in [-0.2, 0) is 0 Å². The van der Waals surface area contributed by atoms with Gasteiger partial charge in [0.15, 0.2) is 0 Å². The van der Waals surface area contributed by atoms with Crippen molar-refractivity contribution in [1.29, 1.82) is 5.26 Å². The Balaban J connectivity index is 0.000000250. The smallest absolute Gasteiger partial charge is 0.0655 e. The first kappa shape index (κ1) is 5.45. The number of hydrogen-bond acceptors (Lipinski definition) is 1. The Hall–Kier alpha value is -0.550. The Kier molecular flexibility index (Phi) is 1.62. The molecule has 0 aromatic rings. The lowest BCUT2D eigenvalue weighted by atomic mass is 10.5. The van der Waals surface area contributed by atoms with E-state index in [-0.39, 0.29) is 5.48 Å². The van der Waals surface area contributed by atoms with Crippen molar-refractivity contribution < 1.29 is 5.48 Å². The summed E-state index contributed by atoms with van der Waals surface area (Å²) in [5.41, 5.74) is 0. The lowest BCUT2D eigenvalue weighted by Crippen LogP contribution is -1.52. The molecule has 1 fully saturated rings. The molecule has 2 nitrogen and oxygen atoms in total. The fourth-order valence-corrected chi connectivity index (χ4v) is 0.212. The topological polar surface area (TPSA) is 55.3 Å². The minimum atomic E-state index is 0. The van der Waals surface area contributed by atoms with Crippen molar-refractivity contribution in [2.45, 2.75) is 12.8 Å². The van der Waals surface area contributed by atoms with Crippen molar-refractivity contribution in [3.63, 3.8) is 0 Å². The molecule has 1 saturated carbocycles. The highest BCUT2D eigenvalue weighted by Gasteiger charge is 2.19. The van der Waals surface area contributed by atoms with Crippen LogP contribution in [0.1, 0.15) is 12.8 Å². The summed E-state index contributed by atoms with van der Waals surface area (Å²) in [6.45, 7) is 0. The molecule has 1 aliphatic rings. The maximum Gasteiger partial charge on any atom is 0.0655 e. The molecule has 0 aromatic heterocycles. The van der Waals surface area contributed by atoms with E-state index in [9.17, 15) is 0 Å². The number of nitriles is 1. The first-order chi connectivity index (χ1) is 2.43. The molecular weight excluding hydrogens is 78.0 g/mol. The van der Waals surface area contributed by atoms with E-state index in [0.717, 1.165) is 12.8 Å². The highest BCUT2D eigenvalue weighted by molar-refractivity contribution is 4.92. The van der Waals surface area contributed by atoms with Gasteiger partial charge in [-0.3, -0.25) is 0 Å². The second-order valence-corrected chi connectivity index (χ2v) is 1.40. The van der Waals surface area contributed by atoms with Gasteiger partial charge in [-0.05, 0) is 12.8 Å². The van der Waals surface area contributed by atoms with E-state index in [1.54, 1.807) is 0 Å². The van der Waals surface area contributed by atoms with E-state index in [0.29, 0.717) is 5.92 Å².